The number of hydrogen-bond donors (Lipinski definition) is 0. The van der Waals surface area contributed by atoms with E-state index < -0.39 is 11.7 Å². The van der Waals surface area contributed by atoms with Crippen LogP contribution in [0, 0.1) is 11.8 Å². The number of aromatic nitrogens is 2. The molecule has 2 unspecified atom stereocenters. The van der Waals surface area contributed by atoms with Gasteiger partial charge in [0.2, 0.25) is 5.69 Å². The van der Waals surface area contributed by atoms with Gasteiger partial charge in [0.05, 0.1) is 5.69 Å². The van der Waals surface area contributed by atoms with Crippen LogP contribution in [0.4, 0.5) is 8.78 Å². The molecular formula is C26H31F2N2+. The van der Waals surface area contributed by atoms with E-state index in [4.69, 9.17) is 0 Å². The normalized spacial score (nSPS) is 17.2. The number of allylic oxidation sites excluding steroid dienone is 6. The molecule has 2 heterocycles. The molecule has 0 N–H and O–H groups in total. The van der Waals surface area contributed by atoms with Crippen LogP contribution in [0.1, 0.15) is 45.0 Å². The van der Waals surface area contributed by atoms with Gasteiger partial charge in [-0.25, -0.2) is 8.78 Å². The molecule has 158 valence electrons. The van der Waals surface area contributed by atoms with E-state index >= 15 is 0 Å². The van der Waals surface area contributed by atoms with Crippen LogP contribution in [0.5, 0.6) is 0 Å². The van der Waals surface area contributed by atoms with Gasteiger partial charge in [0, 0.05) is 54.8 Å². The summed E-state index contributed by atoms with van der Waals surface area (Å²) in [5, 5.41) is 0. The van der Waals surface area contributed by atoms with Crippen LogP contribution in [0.3, 0.4) is 0 Å². The van der Waals surface area contributed by atoms with Crippen molar-refractivity contribution in [2.45, 2.75) is 40.2 Å². The second-order valence-electron chi connectivity index (χ2n) is 7.29. The van der Waals surface area contributed by atoms with Crippen molar-refractivity contribution >= 4 is 11.6 Å². The van der Waals surface area contributed by atoms with Gasteiger partial charge in [-0.3, -0.25) is 4.98 Å². The van der Waals surface area contributed by atoms with Crippen LogP contribution in [0.2, 0.25) is 0 Å². The molecule has 2 aromatic rings. The fourth-order valence-electron chi connectivity index (χ4n) is 3.60. The molecular weight excluding hydrogens is 378 g/mol. The highest BCUT2D eigenvalue weighted by molar-refractivity contribution is 5.70. The lowest BCUT2D eigenvalue weighted by Gasteiger charge is -2.27. The summed E-state index contributed by atoms with van der Waals surface area (Å²) < 4.78 is 29.9. The van der Waals surface area contributed by atoms with Gasteiger partial charge in [0.1, 0.15) is 18.2 Å². The van der Waals surface area contributed by atoms with E-state index in [1.54, 1.807) is 18.3 Å². The van der Waals surface area contributed by atoms with Gasteiger partial charge in [0.15, 0.2) is 6.20 Å². The monoisotopic (exact) mass is 409 g/mol. The van der Waals surface area contributed by atoms with Crippen molar-refractivity contribution in [1.29, 1.82) is 0 Å². The lowest BCUT2D eigenvalue weighted by atomic mass is 9.79. The molecule has 0 amide bonds. The molecule has 0 saturated carbocycles. The summed E-state index contributed by atoms with van der Waals surface area (Å²) in [5.74, 6) is -1.06. The van der Waals surface area contributed by atoms with Gasteiger partial charge >= 0.3 is 0 Å². The van der Waals surface area contributed by atoms with Gasteiger partial charge in [-0.05, 0) is 31.0 Å². The fourth-order valence-corrected chi connectivity index (χ4v) is 3.60. The molecule has 0 saturated heterocycles. The van der Waals surface area contributed by atoms with E-state index in [1.165, 1.54) is 5.69 Å². The molecule has 1 aliphatic rings. The first-order chi connectivity index (χ1) is 14.5. The number of aryl methyl sites for hydroxylation is 1. The Kier molecular flexibility index (Phi) is 9.33. The van der Waals surface area contributed by atoms with E-state index in [0.29, 0.717) is 11.3 Å². The highest BCUT2D eigenvalue weighted by atomic mass is 19.1. The molecule has 30 heavy (non-hydrogen) atoms. The maximum atomic E-state index is 14.1. The number of halogens is 2. The minimum Gasteiger partial charge on any atom is -0.256 e. The average Bonchev–Trinajstić information content (AvgIpc) is 2.75. The second-order valence-corrected chi connectivity index (χ2v) is 7.29. The fraction of sp³-hybridized carbons (Fsp3) is 0.308. The van der Waals surface area contributed by atoms with E-state index in [0.717, 1.165) is 19.0 Å². The average molecular weight is 410 g/mol. The van der Waals surface area contributed by atoms with Crippen molar-refractivity contribution in [2.75, 3.05) is 0 Å². The van der Waals surface area contributed by atoms with Crippen LogP contribution in [0.25, 0.3) is 11.6 Å². The summed E-state index contributed by atoms with van der Waals surface area (Å²) in [7, 11) is 0. The third-order valence-corrected chi connectivity index (χ3v) is 5.05. The Labute approximate surface area is 179 Å². The third kappa shape index (κ3) is 6.31. The number of pyridine rings is 2. The topological polar surface area (TPSA) is 16.8 Å². The van der Waals surface area contributed by atoms with Crippen LogP contribution < -0.4 is 4.57 Å². The zero-order valence-corrected chi connectivity index (χ0v) is 18.1. The molecule has 4 heteroatoms. The van der Waals surface area contributed by atoms with Crippen LogP contribution in [-0.2, 0) is 6.54 Å². The Balaban J connectivity index is 0.000000248. The Hall–Kier alpha value is -2.88. The maximum absolute atomic E-state index is 14.1. The first-order valence-corrected chi connectivity index (χ1v) is 10.4. The van der Waals surface area contributed by atoms with Crippen molar-refractivity contribution in [3.05, 3.63) is 96.6 Å². The molecule has 0 fully saturated rings. The van der Waals surface area contributed by atoms with Gasteiger partial charge in [-0.1, -0.05) is 38.6 Å². The van der Waals surface area contributed by atoms with Gasteiger partial charge in [-0.2, -0.15) is 4.57 Å². The summed E-state index contributed by atoms with van der Waals surface area (Å²) in [6.45, 7) is 10.9. The summed E-state index contributed by atoms with van der Waals surface area (Å²) in [5.41, 5.74) is 2.28. The molecule has 2 nitrogen and oxygen atoms in total. The molecule has 0 aliphatic heterocycles. The van der Waals surface area contributed by atoms with Crippen molar-refractivity contribution in [1.82, 2.24) is 4.98 Å². The van der Waals surface area contributed by atoms with E-state index in [2.05, 4.69) is 35.3 Å². The zero-order valence-electron chi connectivity index (χ0n) is 18.1. The van der Waals surface area contributed by atoms with E-state index in [1.807, 2.05) is 50.3 Å². The quantitative estimate of drug-likeness (QED) is 0.375. The lowest BCUT2D eigenvalue weighted by molar-refractivity contribution is -0.698. The largest absolute Gasteiger partial charge is 0.256 e. The standard InChI is InChI=1S/C16H17F2N.C10H14N/c1-3-6-11(2)13-9-12(17)10-14(18)16(13)15-7-4-5-8-19-15;1-3-8-11-9-6-5-7-10(11)4-2/h3-8,10-11,13H,9H2,1-2H3;4-7,9H,2-3,8H2,1H3/q;+1. The Morgan fingerprint density at radius 3 is 2.63 bits per heavy atom. The second kappa shape index (κ2) is 12.0. The van der Waals surface area contributed by atoms with Crippen LogP contribution >= 0.6 is 0 Å². The maximum Gasteiger partial charge on any atom is 0.204 e. The molecule has 0 spiro atoms. The Morgan fingerprint density at radius 1 is 1.23 bits per heavy atom. The highest BCUT2D eigenvalue weighted by Gasteiger charge is 2.29. The predicted molar refractivity (Wildman–Crippen MR) is 121 cm³/mol. The minimum atomic E-state index is -0.510. The molecule has 2 atom stereocenters. The zero-order chi connectivity index (χ0) is 21.9. The summed E-state index contributed by atoms with van der Waals surface area (Å²) >= 11 is 0. The van der Waals surface area contributed by atoms with Crippen molar-refractivity contribution in [3.8, 4) is 0 Å². The SMILES string of the molecule is C=Cc1cccc[n+]1CCC.CC=CC(C)C1CC(F)=CC(F)=C1c1ccccn1. The predicted octanol–water partition coefficient (Wildman–Crippen LogP) is 6.87. The summed E-state index contributed by atoms with van der Waals surface area (Å²) in [4.78, 5) is 4.20. The highest BCUT2D eigenvalue weighted by Crippen LogP contribution is 2.41. The van der Waals surface area contributed by atoms with Crippen molar-refractivity contribution in [3.63, 3.8) is 0 Å². The number of rotatable bonds is 6. The van der Waals surface area contributed by atoms with Crippen LogP contribution in [0.15, 0.2) is 85.3 Å². The summed E-state index contributed by atoms with van der Waals surface area (Å²) in [6, 6.07) is 11.5. The third-order valence-electron chi connectivity index (χ3n) is 5.05. The lowest BCUT2D eigenvalue weighted by Crippen LogP contribution is -2.35. The molecule has 0 radical (unpaired) electrons. The molecule has 0 aromatic carbocycles. The smallest absolute Gasteiger partial charge is 0.204 e. The van der Waals surface area contributed by atoms with Crippen LogP contribution in [-0.4, -0.2) is 4.98 Å². The molecule has 1 aliphatic carbocycles. The Morgan fingerprint density at radius 2 is 2.00 bits per heavy atom. The molecule has 2 aromatic heterocycles. The van der Waals surface area contributed by atoms with Gasteiger partial charge in [0.25, 0.3) is 0 Å². The molecule has 0 bridgehead atoms. The Bertz CT molecular complexity index is 914. The number of nitrogens with zero attached hydrogens (tertiary/aromatic N) is 2. The van der Waals surface area contributed by atoms with Crippen molar-refractivity contribution < 1.29 is 13.3 Å². The van der Waals surface area contributed by atoms with Gasteiger partial charge < -0.3 is 0 Å². The first-order valence-electron chi connectivity index (χ1n) is 10.4. The number of hydrogen-bond acceptors (Lipinski definition) is 1. The minimum absolute atomic E-state index is 0.0622. The van der Waals surface area contributed by atoms with E-state index in [-0.39, 0.29) is 18.3 Å². The summed E-state index contributed by atoms with van der Waals surface area (Å²) in [6.07, 6.45) is 11.8. The van der Waals surface area contributed by atoms with E-state index in [9.17, 15) is 8.78 Å². The van der Waals surface area contributed by atoms with Crippen molar-refractivity contribution in [2.24, 2.45) is 11.8 Å². The first kappa shape index (κ1) is 23.4. The van der Waals surface area contributed by atoms with Gasteiger partial charge in [-0.15, -0.1) is 0 Å². The molecule has 3 rings (SSSR count).